The van der Waals surface area contributed by atoms with E-state index in [1.165, 1.54) is 0 Å². The van der Waals surface area contributed by atoms with Gasteiger partial charge in [0.15, 0.2) is 0 Å². The number of nitrogens with one attached hydrogen (secondary N) is 1. The molecule has 2 aromatic heterocycles. The summed E-state index contributed by atoms with van der Waals surface area (Å²) in [6.45, 7) is 4.04. The summed E-state index contributed by atoms with van der Waals surface area (Å²) in [6.07, 6.45) is 4.36. The van der Waals surface area contributed by atoms with Crippen molar-refractivity contribution in [1.82, 2.24) is 15.3 Å². The highest BCUT2D eigenvalue weighted by Gasteiger charge is 2.15. The monoisotopic (exact) mass is 305 g/mol. The van der Waals surface area contributed by atoms with Crippen molar-refractivity contribution < 1.29 is 4.79 Å². The molecule has 3 rings (SSSR count). The third kappa shape index (κ3) is 3.37. The highest BCUT2D eigenvalue weighted by molar-refractivity contribution is 5.98. The van der Waals surface area contributed by atoms with Crippen molar-refractivity contribution >= 4 is 16.8 Å². The molecule has 1 N–H and O–H groups in total. The summed E-state index contributed by atoms with van der Waals surface area (Å²) in [7, 11) is 0. The zero-order valence-corrected chi connectivity index (χ0v) is 13.3. The fourth-order valence-corrected chi connectivity index (χ4v) is 2.53. The lowest BCUT2D eigenvalue weighted by atomic mass is 10.1. The van der Waals surface area contributed by atoms with Crippen molar-refractivity contribution in [2.24, 2.45) is 0 Å². The maximum Gasteiger partial charge on any atom is 0.251 e. The van der Waals surface area contributed by atoms with Crippen LogP contribution in [0.5, 0.6) is 0 Å². The number of carbonyl (C=O) groups excluding carboxylic acids is 1. The lowest BCUT2D eigenvalue weighted by Gasteiger charge is -2.17. The molecule has 0 aliphatic rings. The molecule has 1 amide bonds. The third-order valence-corrected chi connectivity index (χ3v) is 3.87. The normalized spacial score (nSPS) is 12.1. The van der Waals surface area contributed by atoms with E-state index in [1.807, 2.05) is 56.4 Å². The van der Waals surface area contributed by atoms with Crippen LogP contribution in [0.15, 0.2) is 54.9 Å². The van der Waals surface area contributed by atoms with Crippen molar-refractivity contribution in [2.45, 2.75) is 26.3 Å². The highest BCUT2D eigenvalue weighted by Crippen LogP contribution is 2.17. The van der Waals surface area contributed by atoms with Gasteiger partial charge in [0.1, 0.15) is 0 Å². The number of amides is 1. The van der Waals surface area contributed by atoms with Gasteiger partial charge in [-0.2, -0.15) is 0 Å². The van der Waals surface area contributed by atoms with Gasteiger partial charge in [0, 0.05) is 23.3 Å². The molecule has 4 heteroatoms. The molecule has 0 radical (unpaired) electrons. The van der Waals surface area contributed by atoms with Crippen LogP contribution in [0.2, 0.25) is 0 Å². The van der Waals surface area contributed by atoms with E-state index in [0.717, 1.165) is 28.6 Å². The average molecular weight is 305 g/mol. The number of benzene rings is 1. The Morgan fingerprint density at radius 3 is 2.78 bits per heavy atom. The van der Waals surface area contributed by atoms with Crippen LogP contribution in [-0.2, 0) is 0 Å². The van der Waals surface area contributed by atoms with E-state index in [1.54, 1.807) is 12.3 Å². The number of hydrogen-bond acceptors (Lipinski definition) is 3. The van der Waals surface area contributed by atoms with Crippen LogP contribution in [0.1, 0.15) is 41.0 Å². The van der Waals surface area contributed by atoms with Gasteiger partial charge in [0.25, 0.3) is 5.91 Å². The number of aryl methyl sites for hydroxylation is 1. The molecular formula is C19H19N3O. The largest absolute Gasteiger partial charge is 0.344 e. The third-order valence-electron chi connectivity index (χ3n) is 3.87. The molecule has 0 unspecified atom stereocenters. The number of hydrogen-bond donors (Lipinski definition) is 1. The van der Waals surface area contributed by atoms with E-state index in [9.17, 15) is 4.79 Å². The summed E-state index contributed by atoms with van der Waals surface area (Å²) in [5.41, 5.74) is 3.51. The van der Waals surface area contributed by atoms with Gasteiger partial charge >= 0.3 is 0 Å². The molecule has 0 aliphatic heterocycles. The Morgan fingerprint density at radius 1 is 1.17 bits per heavy atom. The van der Waals surface area contributed by atoms with E-state index >= 15 is 0 Å². The smallest absolute Gasteiger partial charge is 0.251 e. The first kappa shape index (κ1) is 15.2. The lowest BCUT2D eigenvalue weighted by molar-refractivity contribution is 0.0935. The van der Waals surface area contributed by atoms with E-state index in [0.29, 0.717) is 5.56 Å². The zero-order chi connectivity index (χ0) is 16.2. The van der Waals surface area contributed by atoms with Crippen LogP contribution in [0, 0.1) is 6.92 Å². The van der Waals surface area contributed by atoms with Gasteiger partial charge in [-0.15, -0.1) is 0 Å². The molecule has 3 aromatic rings. The van der Waals surface area contributed by atoms with Crippen molar-refractivity contribution in [3.8, 4) is 0 Å². The predicted molar refractivity (Wildman–Crippen MR) is 91.2 cm³/mol. The van der Waals surface area contributed by atoms with Gasteiger partial charge in [0.2, 0.25) is 0 Å². The number of nitrogens with zero attached hydrogens (tertiary/aromatic N) is 2. The minimum atomic E-state index is -0.0926. The van der Waals surface area contributed by atoms with Crippen LogP contribution in [-0.4, -0.2) is 15.9 Å². The molecule has 0 bridgehead atoms. The Kier molecular flexibility index (Phi) is 4.33. The molecule has 0 fully saturated rings. The molecule has 0 saturated heterocycles. The minimum Gasteiger partial charge on any atom is -0.344 e. The molecule has 0 aliphatic carbocycles. The number of aromatic nitrogens is 2. The molecule has 23 heavy (non-hydrogen) atoms. The molecule has 1 atom stereocenters. The Labute approximate surface area is 135 Å². The first-order chi connectivity index (χ1) is 11.2. The number of rotatable bonds is 4. The van der Waals surface area contributed by atoms with Gasteiger partial charge in [-0.3, -0.25) is 14.8 Å². The molecule has 4 nitrogen and oxygen atoms in total. The van der Waals surface area contributed by atoms with Gasteiger partial charge in [0.05, 0.1) is 17.3 Å². The fourth-order valence-electron chi connectivity index (χ4n) is 2.53. The van der Waals surface area contributed by atoms with Gasteiger partial charge in [-0.25, -0.2) is 0 Å². The van der Waals surface area contributed by atoms with Crippen molar-refractivity contribution in [3.05, 3.63) is 71.7 Å². The van der Waals surface area contributed by atoms with E-state index in [2.05, 4.69) is 15.3 Å². The summed E-state index contributed by atoms with van der Waals surface area (Å²) in [6, 6.07) is 13.3. The molecular weight excluding hydrogens is 286 g/mol. The highest BCUT2D eigenvalue weighted by atomic mass is 16.1. The molecule has 0 saturated carbocycles. The maximum absolute atomic E-state index is 12.5. The number of pyridine rings is 2. The van der Waals surface area contributed by atoms with Crippen LogP contribution >= 0.6 is 0 Å². The van der Waals surface area contributed by atoms with E-state index < -0.39 is 0 Å². The zero-order valence-electron chi connectivity index (χ0n) is 13.3. The second kappa shape index (κ2) is 6.57. The lowest BCUT2D eigenvalue weighted by Crippen LogP contribution is -2.28. The summed E-state index contributed by atoms with van der Waals surface area (Å²) >= 11 is 0. The van der Waals surface area contributed by atoms with Gasteiger partial charge in [-0.05, 0) is 49.2 Å². The quantitative estimate of drug-likeness (QED) is 0.797. The first-order valence-corrected chi connectivity index (χ1v) is 7.75. The number of fused-ring (bicyclic) bond motifs is 1. The van der Waals surface area contributed by atoms with Crippen LogP contribution < -0.4 is 5.32 Å². The SMILES string of the molecule is CC[C@H](NC(=O)c1ccc2ncccc2c1)c1ccc(C)cn1. The second-order valence-electron chi connectivity index (χ2n) is 5.61. The Hall–Kier alpha value is -2.75. The van der Waals surface area contributed by atoms with Gasteiger partial charge < -0.3 is 5.32 Å². The summed E-state index contributed by atoms with van der Waals surface area (Å²) < 4.78 is 0. The summed E-state index contributed by atoms with van der Waals surface area (Å²) in [5.74, 6) is -0.0926. The standard InChI is InChI=1S/C19H19N3O/c1-3-16(18-8-6-13(2)12-21-18)22-19(23)15-7-9-17-14(11-15)5-4-10-20-17/h4-12,16H,3H2,1-2H3,(H,22,23)/t16-/m0/s1. The Bertz CT molecular complexity index is 827. The van der Waals surface area contributed by atoms with Crippen molar-refractivity contribution in [3.63, 3.8) is 0 Å². The minimum absolute atomic E-state index is 0.0901. The van der Waals surface area contributed by atoms with E-state index in [4.69, 9.17) is 0 Å². The molecule has 1 aromatic carbocycles. The summed E-state index contributed by atoms with van der Waals surface area (Å²) in [5, 5.41) is 4.02. The predicted octanol–water partition coefficient (Wildman–Crippen LogP) is 3.82. The number of carbonyl (C=O) groups is 1. The van der Waals surface area contributed by atoms with Crippen molar-refractivity contribution in [1.29, 1.82) is 0 Å². The molecule has 2 heterocycles. The van der Waals surface area contributed by atoms with Crippen LogP contribution in [0.4, 0.5) is 0 Å². The maximum atomic E-state index is 12.5. The van der Waals surface area contributed by atoms with Crippen molar-refractivity contribution in [2.75, 3.05) is 0 Å². The summed E-state index contributed by atoms with van der Waals surface area (Å²) in [4.78, 5) is 21.2. The Morgan fingerprint density at radius 2 is 2.04 bits per heavy atom. The van der Waals surface area contributed by atoms with E-state index in [-0.39, 0.29) is 11.9 Å². The first-order valence-electron chi connectivity index (χ1n) is 7.75. The fraction of sp³-hybridized carbons (Fsp3) is 0.211. The second-order valence-corrected chi connectivity index (χ2v) is 5.61. The average Bonchev–Trinajstić information content (AvgIpc) is 2.60. The Balaban J connectivity index is 1.82. The van der Waals surface area contributed by atoms with Crippen LogP contribution in [0.25, 0.3) is 10.9 Å². The van der Waals surface area contributed by atoms with Crippen LogP contribution in [0.3, 0.4) is 0 Å². The van der Waals surface area contributed by atoms with Gasteiger partial charge in [-0.1, -0.05) is 19.1 Å². The molecule has 116 valence electrons. The molecule has 0 spiro atoms. The topological polar surface area (TPSA) is 54.9 Å².